The summed E-state index contributed by atoms with van der Waals surface area (Å²) in [4.78, 5) is 27.4. The Balaban J connectivity index is 2.31. The van der Waals surface area contributed by atoms with E-state index < -0.39 is 6.04 Å². The van der Waals surface area contributed by atoms with Crippen LogP contribution in [0.1, 0.15) is 35.6 Å². The lowest BCUT2D eigenvalue weighted by Gasteiger charge is -2.30. The Morgan fingerprint density at radius 2 is 1.79 bits per heavy atom. The van der Waals surface area contributed by atoms with Gasteiger partial charge in [-0.3, -0.25) is 9.59 Å². The molecule has 0 saturated carbocycles. The van der Waals surface area contributed by atoms with Crippen LogP contribution in [-0.2, 0) is 22.6 Å². The summed E-state index contributed by atoms with van der Waals surface area (Å²) < 4.78 is 5.20. The van der Waals surface area contributed by atoms with Crippen LogP contribution in [0.4, 0.5) is 0 Å². The van der Waals surface area contributed by atoms with Crippen LogP contribution in [-0.4, -0.2) is 36.9 Å². The summed E-state index contributed by atoms with van der Waals surface area (Å²) in [5.74, 6) is 0.556. The second kappa shape index (κ2) is 9.93. The molecular weight excluding hydrogens is 352 g/mol. The van der Waals surface area contributed by atoms with Crippen LogP contribution in [0.2, 0.25) is 0 Å². The average Bonchev–Trinajstić information content (AvgIpc) is 2.70. The first-order valence-corrected chi connectivity index (χ1v) is 9.59. The third-order valence-corrected chi connectivity index (χ3v) is 4.99. The molecule has 0 heterocycles. The van der Waals surface area contributed by atoms with Gasteiger partial charge in [-0.25, -0.2) is 0 Å². The summed E-state index contributed by atoms with van der Waals surface area (Å²) in [7, 11) is 3.22. The lowest BCUT2D eigenvalue weighted by atomic mass is 10.0. The number of ether oxygens (including phenoxy) is 1. The van der Waals surface area contributed by atoms with Crippen LogP contribution in [0.3, 0.4) is 0 Å². The number of aryl methyl sites for hydroxylation is 2. The van der Waals surface area contributed by atoms with E-state index in [1.54, 1.807) is 19.1 Å². The van der Waals surface area contributed by atoms with Crippen LogP contribution in [0.25, 0.3) is 0 Å². The number of rotatable bonds is 8. The number of likely N-dealkylation sites (N-methyl/N-ethyl adjacent to an activating group) is 1. The molecule has 0 aliphatic rings. The smallest absolute Gasteiger partial charge is 0.242 e. The molecule has 2 amide bonds. The van der Waals surface area contributed by atoms with Gasteiger partial charge in [-0.2, -0.15) is 0 Å². The molecule has 0 aliphatic heterocycles. The molecule has 2 aromatic rings. The maximum atomic E-state index is 13.2. The van der Waals surface area contributed by atoms with Gasteiger partial charge in [0.25, 0.3) is 0 Å². The zero-order valence-corrected chi connectivity index (χ0v) is 17.4. The van der Waals surface area contributed by atoms with E-state index in [1.807, 2.05) is 63.2 Å². The Morgan fingerprint density at radius 1 is 1.11 bits per heavy atom. The van der Waals surface area contributed by atoms with Crippen LogP contribution in [0.15, 0.2) is 42.5 Å². The highest BCUT2D eigenvalue weighted by atomic mass is 16.5. The zero-order chi connectivity index (χ0) is 20.7. The van der Waals surface area contributed by atoms with Gasteiger partial charge in [-0.1, -0.05) is 42.8 Å². The lowest BCUT2D eigenvalue weighted by molar-refractivity contribution is -0.140. The van der Waals surface area contributed by atoms with Gasteiger partial charge in [0.05, 0.1) is 13.5 Å². The van der Waals surface area contributed by atoms with E-state index in [4.69, 9.17) is 4.74 Å². The largest absolute Gasteiger partial charge is 0.497 e. The van der Waals surface area contributed by atoms with Crippen molar-refractivity contribution in [3.8, 4) is 5.75 Å². The molecule has 0 radical (unpaired) electrons. The van der Waals surface area contributed by atoms with Gasteiger partial charge in [-0.05, 0) is 49.1 Å². The van der Waals surface area contributed by atoms with Crippen molar-refractivity contribution in [1.29, 1.82) is 0 Å². The number of methoxy groups -OCH3 is 1. The second-order valence-corrected chi connectivity index (χ2v) is 7.01. The van der Waals surface area contributed by atoms with Gasteiger partial charge < -0.3 is 15.0 Å². The third kappa shape index (κ3) is 5.35. The van der Waals surface area contributed by atoms with Crippen molar-refractivity contribution in [2.45, 2.75) is 46.2 Å². The van der Waals surface area contributed by atoms with Gasteiger partial charge in [0.15, 0.2) is 0 Å². The molecule has 5 heteroatoms. The predicted molar refractivity (Wildman–Crippen MR) is 111 cm³/mol. The summed E-state index contributed by atoms with van der Waals surface area (Å²) in [6.45, 7) is 6.32. The fraction of sp³-hybridized carbons (Fsp3) is 0.391. The lowest BCUT2D eigenvalue weighted by Crippen LogP contribution is -2.48. The number of hydrogen-bond acceptors (Lipinski definition) is 3. The minimum absolute atomic E-state index is 0.0556. The molecule has 0 saturated heterocycles. The minimum Gasteiger partial charge on any atom is -0.497 e. The van der Waals surface area contributed by atoms with E-state index in [-0.39, 0.29) is 18.2 Å². The van der Waals surface area contributed by atoms with Crippen LogP contribution in [0.5, 0.6) is 5.75 Å². The van der Waals surface area contributed by atoms with Gasteiger partial charge in [0.2, 0.25) is 11.8 Å². The molecule has 5 nitrogen and oxygen atoms in total. The molecule has 28 heavy (non-hydrogen) atoms. The first-order valence-electron chi connectivity index (χ1n) is 9.59. The number of nitrogens with zero attached hydrogens (tertiary/aromatic N) is 1. The number of nitrogens with one attached hydrogen (secondary N) is 1. The first kappa shape index (κ1) is 21.5. The van der Waals surface area contributed by atoms with E-state index in [2.05, 4.69) is 5.32 Å². The monoisotopic (exact) mass is 382 g/mol. The molecule has 1 atom stereocenters. The fourth-order valence-corrected chi connectivity index (χ4v) is 3.27. The first-order chi connectivity index (χ1) is 13.4. The summed E-state index contributed by atoms with van der Waals surface area (Å²) in [5, 5.41) is 2.69. The Kier molecular flexibility index (Phi) is 7.61. The van der Waals surface area contributed by atoms with Crippen LogP contribution in [0, 0.1) is 13.8 Å². The molecule has 0 aromatic heterocycles. The van der Waals surface area contributed by atoms with Crippen molar-refractivity contribution in [2.75, 3.05) is 14.2 Å². The van der Waals surface area contributed by atoms with E-state index >= 15 is 0 Å². The van der Waals surface area contributed by atoms with E-state index in [0.717, 1.165) is 28.0 Å². The van der Waals surface area contributed by atoms with Crippen molar-refractivity contribution in [2.24, 2.45) is 0 Å². The Bertz CT molecular complexity index is 815. The topological polar surface area (TPSA) is 58.6 Å². The molecule has 1 N–H and O–H groups in total. The highest BCUT2D eigenvalue weighted by Gasteiger charge is 2.28. The molecule has 0 fully saturated rings. The molecule has 150 valence electrons. The van der Waals surface area contributed by atoms with E-state index in [0.29, 0.717) is 13.0 Å². The fourth-order valence-electron chi connectivity index (χ4n) is 3.27. The van der Waals surface area contributed by atoms with Crippen LogP contribution < -0.4 is 10.1 Å². The predicted octanol–water partition coefficient (Wildman–Crippen LogP) is 3.41. The normalized spacial score (nSPS) is 11.6. The number of benzene rings is 2. The summed E-state index contributed by atoms with van der Waals surface area (Å²) in [6, 6.07) is 13.2. The maximum Gasteiger partial charge on any atom is 0.242 e. The van der Waals surface area contributed by atoms with Crippen molar-refractivity contribution in [3.05, 3.63) is 64.7 Å². The Labute approximate surface area is 167 Å². The van der Waals surface area contributed by atoms with Gasteiger partial charge in [0, 0.05) is 13.6 Å². The van der Waals surface area contributed by atoms with Crippen molar-refractivity contribution >= 4 is 11.8 Å². The van der Waals surface area contributed by atoms with E-state index in [9.17, 15) is 9.59 Å². The molecular formula is C23H30N2O3. The van der Waals surface area contributed by atoms with Crippen molar-refractivity contribution < 1.29 is 14.3 Å². The highest BCUT2D eigenvalue weighted by Crippen LogP contribution is 2.19. The van der Waals surface area contributed by atoms with Gasteiger partial charge in [-0.15, -0.1) is 0 Å². The molecule has 0 unspecified atom stereocenters. The van der Waals surface area contributed by atoms with Gasteiger partial charge >= 0.3 is 0 Å². The molecule has 0 spiro atoms. The summed E-state index contributed by atoms with van der Waals surface area (Å²) in [6.07, 6.45) is 0.825. The molecule has 2 rings (SSSR count). The maximum absolute atomic E-state index is 13.2. The molecule has 2 aromatic carbocycles. The SMILES string of the molecule is CC[C@@H](C(=O)NC)N(Cc1ccc(OC)cc1)C(=O)Cc1cc(C)ccc1C. The Morgan fingerprint density at radius 3 is 2.36 bits per heavy atom. The third-order valence-electron chi connectivity index (χ3n) is 4.99. The van der Waals surface area contributed by atoms with E-state index in [1.165, 1.54) is 0 Å². The zero-order valence-electron chi connectivity index (χ0n) is 17.4. The average molecular weight is 383 g/mol. The number of carbonyl (C=O) groups excluding carboxylic acids is 2. The number of hydrogen-bond donors (Lipinski definition) is 1. The van der Waals surface area contributed by atoms with Crippen molar-refractivity contribution in [1.82, 2.24) is 10.2 Å². The standard InChI is InChI=1S/C23H30N2O3/c1-6-21(23(27)24-4)25(15-18-9-11-20(28-5)12-10-18)22(26)14-19-13-16(2)7-8-17(19)3/h7-13,21H,6,14-15H2,1-5H3,(H,24,27)/t21-/m0/s1. The number of carbonyl (C=O) groups is 2. The minimum atomic E-state index is -0.510. The quantitative estimate of drug-likeness (QED) is 0.761. The number of amides is 2. The Hall–Kier alpha value is -2.82. The van der Waals surface area contributed by atoms with Crippen molar-refractivity contribution in [3.63, 3.8) is 0 Å². The summed E-state index contributed by atoms with van der Waals surface area (Å²) >= 11 is 0. The molecule has 0 bridgehead atoms. The molecule has 0 aliphatic carbocycles. The van der Waals surface area contributed by atoms with Gasteiger partial charge in [0.1, 0.15) is 11.8 Å². The highest BCUT2D eigenvalue weighted by molar-refractivity contribution is 5.88. The summed E-state index contributed by atoms with van der Waals surface area (Å²) in [5.41, 5.74) is 4.15. The second-order valence-electron chi connectivity index (χ2n) is 7.01. The van der Waals surface area contributed by atoms with Crippen LogP contribution >= 0.6 is 0 Å².